The highest BCUT2D eigenvalue weighted by atomic mass is 35.5. The van der Waals surface area contributed by atoms with Crippen LogP contribution in [0.25, 0.3) is 0 Å². The molecule has 1 N–H and O–H groups in total. The van der Waals surface area contributed by atoms with Crippen LogP contribution in [0.1, 0.15) is 10.4 Å². The Bertz CT molecular complexity index is 731. The van der Waals surface area contributed by atoms with Gasteiger partial charge in [-0.2, -0.15) is 0 Å². The lowest BCUT2D eigenvalue weighted by Crippen LogP contribution is -2.21. The van der Waals surface area contributed by atoms with Crippen molar-refractivity contribution in [2.45, 2.75) is 0 Å². The van der Waals surface area contributed by atoms with Gasteiger partial charge in [0.1, 0.15) is 5.15 Å². The Morgan fingerprint density at radius 3 is 2.48 bits per heavy atom. The van der Waals surface area contributed by atoms with Crippen molar-refractivity contribution in [3.05, 3.63) is 63.4 Å². The molecule has 0 bridgehead atoms. The summed E-state index contributed by atoms with van der Waals surface area (Å²) in [7, 11) is 0. The van der Waals surface area contributed by atoms with Gasteiger partial charge in [0.05, 0.1) is 10.5 Å². The van der Waals surface area contributed by atoms with Gasteiger partial charge in [0.25, 0.3) is 11.6 Å². The number of hydrogen-bond acceptors (Lipinski definition) is 6. The number of amides is 1. The Labute approximate surface area is 135 Å². The first-order valence-electron chi connectivity index (χ1n) is 6.28. The maximum atomic E-state index is 11.7. The quantitative estimate of drug-likeness (QED) is 0.389. The normalized spacial score (nSPS) is 9.96. The number of carbonyl (C=O) groups is 2. The highest BCUT2D eigenvalue weighted by Crippen LogP contribution is 2.15. The molecule has 1 heterocycles. The van der Waals surface area contributed by atoms with Crippen molar-refractivity contribution in [2.24, 2.45) is 0 Å². The average molecular weight is 336 g/mol. The minimum atomic E-state index is -0.715. The molecule has 2 aromatic rings. The zero-order valence-electron chi connectivity index (χ0n) is 11.6. The lowest BCUT2D eigenvalue weighted by Gasteiger charge is -2.06. The summed E-state index contributed by atoms with van der Waals surface area (Å²) in [6, 6.07) is 8.10. The standard InChI is InChI=1S/C14H10ClN3O5/c15-12-6-1-9(7-16-12)14(20)23-8-13(19)17-10-2-4-11(5-3-10)18(21)22/h1-7H,8H2,(H,17,19). The molecule has 2 rings (SSSR count). The highest BCUT2D eigenvalue weighted by molar-refractivity contribution is 6.29. The molecule has 1 amide bonds. The fourth-order valence-corrected chi connectivity index (χ4v) is 1.69. The number of anilines is 1. The zero-order chi connectivity index (χ0) is 16.8. The number of non-ortho nitro benzene ring substituents is 1. The monoisotopic (exact) mass is 335 g/mol. The molecule has 1 aromatic carbocycles. The molecule has 0 unspecified atom stereocenters. The van der Waals surface area contributed by atoms with Gasteiger partial charge in [-0.15, -0.1) is 0 Å². The Kier molecular flexibility index (Phi) is 5.21. The SMILES string of the molecule is O=C(COC(=O)c1ccc(Cl)nc1)Nc1ccc([N+](=O)[O-])cc1. The first-order chi connectivity index (χ1) is 11.0. The number of hydrogen-bond donors (Lipinski definition) is 1. The first kappa shape index (κ1) is 16.4. The van der Waals surface area contributed by atoms with E-state index in [0.717, 1.165) is 0 Å². The van der Waals surface area contributed by atoms with Gasteiger partial charge < -0.3 is 10.1 Å². The van der Waals surface area contributed by atoms with E-state index in [-0.39, 0.29) is 16.4 Å². The molecule has 0 atom stereocenters. The fraction of sp³-hybridized carbons (Fsp3) is 0.0714. The summed E-state index contributed by atoms with van der Waals surface area (Å²) in [5.74, 6) is -1.29. The Hall–Kier alpha value is -3.00. The minimum Gasteiger partial charge on any atom is -0.452 e. The summed E-state index contributed by atoms with van der Waals surface area (Å²) in [6.45, 7) is -0.502. The summed E-state index contributed by atoms with van der Waals surface area (Å²) in [5.41, 5.74) is 0.423. The van der Waals surface area contributed by atoms with Gasteiger partial charge in [-0.1, -0.05) is 11.6 Å². The van der Waals surface area contributed by atoms with Crippen LogP contribution < -0.4 is 5.32 Å². The van der Waals surface area contributed by atoms with Crippen LogP contribution in [0.2, 0.25) is 5.15 Å². The van der Waals surface area contributed by atoms with Crippen LogP contribution >= 0.6 is 11.6 Å². The number of aromatic nitrogens is 1. The van der Waals surface area contributed by atoms with E-state index in [1.54, 1.807) is 0 Å². The van der Waals surface area contributed by atoms with E-state index in [1.165, 1.54) is 42.6 Å². The number of halogens is 1. The number of benzene rings is 1. The van der Waals surface area contributed by atoms with Gasteiger partial charge in [0.2, 0.25) is 0 Å². The van der Waals surface area contributed by atoms with E-state index in [0.29, 0.717) is 5.69 Å². The lowest BCUT2D eigenvalue weighted by molar-refractivity contribution is -0.384. The molecule has 0 spiro atoms. The van der Waals surface area contributed by atoms with Crippen LogP contribution in [0.4, 0.5) is 11.4 Å². The number of nitro benzene ring substituents is 1. The number of rotatable bonds is 5. The molecule has 8 nitrogen and oxygen atoms in total. The van der Waals surface area contributed by atoms with E-state index in [1.807, 2.05) is 0 Å². The van der Waals surface area contributed by atoms with Gasteiger partial charge in [-0.3, -0.25) is 14.9 Å². The summed E-state index contributed by atoms with van der Waals surface area (Å²) in [4.78, 5) is 37.0. The zero-order valence-corrected chi connectivity index (χ0v) is 12.3. The van der Waals surface area contributed by atoms with Crippen LogP contribution in [0.3, 0.4) is 0 Å². The second-order valence-corrected chi connectivity index (χ2v) is 4.69. The molecule has 118 valence electrons. The number of pyridine rings is 1. The predicted molar refractivity (Wildman–Crippen MR) is 81.3 cm³/mol. The minimum absolute atomic E-state index is 0.0929. The van der Waals surface area contributed by atoms with Gasteiger partial charge >= 0.3 is 5.97 Å². The molecular formula is C14H10ClN3O5. The Morgan fingerprint density at radius 1 is 1.22 bits per heavy atom. The molecule has 0 radical (unpaired) electrons. The summed E-state index contributed by atoms with van der Waals surface area (Å²) < 4.78 is 4.82. The van der Waals surface area contributed by atoms with Gasteiger partial charge in [-0.25, -0.2) is 9.78 Å². The maximum Gasteiger partial charge on any atom is 0.340 e. The van der Waals surface area contributed by atoms with Crippen molar-refractivity contribution in [3.8, 4) is 0 Å². The van der Waals surface area contributed by atoms with Crippen LogP contribution in [0.15, 0.2) is 42.6 Å². The van der Waals surface area contributed by atoms with E-state index < -0.39 is 23.4 Å². The smallest absolute Gasteiger partial charge is 0.340 e. The Morgan fingerprint density at radius 2 is 1.91 bits per heavy atom. The number of esters is 1. The van der Waals surface area contributed by atoms with Gasteiger partial charge in [0.15, 0.2) is 6.61 Å². The molecule has 0 saturated carbocycles. The molecule has 9 heteroatoms. The number of nitrogens with one attached hydrogen (secondary N) is 1. The molecule has 23 heavy (non-hydrogen) atoms. The molecule has 0 fully saturated rings. The third-order valence-electron chi connectivity index (χ3n) is 2.66. The molecule has 1 aromatic heterocycles. The van der Waals surface area contributed by atoms with Gasteiger partial charge in [0, 0.05) is 24.0 Å². The van der Waals surface area contributed by atoms with Crippen molar-refractivity contribution < 1.29 is 19.2 Å². The second-order valence-electron chi connectivity index (χ2n) is 4.30. The van der Waals surface area contributed by atoms with E-state index in [9.17, 15) is 19.7 Å². The van der Waals surface area contributed by atoms with E-state index in [4.69, 9.17) is 16.3 Å². The second kappa shape index (κ2) is 7.32. The molecular weight excluding hydrogens is 326 g/mol. The summed E-state index contributed by atoms with van der Waals surface area (Å²) >= 11 is 5.60. The molecule has 0 aliphatic rings. The highest BCUT2D eigenvalue weighted by Gasteiger charge is 2.11. The van der Waals surface area contributed by atoms with Crippen molar-refractivity contribution >= 4 is 34.9 Å². The largest absolute Gasteiger partial charge is 0.452 e. The number of nitro groups is 1. The average Bonchev–Trinajstić information content (AvgIpc) is 2.54. The molecule has 0 saturated heterocycles. The fourth-order valence-electron chi connectivity index (χ4n) is 1.57. The third-order valence-corrected chi connectivity index (χ3v) is 2.88. The predicted octanol–water partition coefficient (Wildman–Crippen LogP) is 2.44. The van der Waals surface area contributed by atoms with E-state index >= 15 is 0 Å². The Balaban J connectivity index is 1.86. The topological polar surface area (TPSA) is 111 Å². The van der Waals surface area contributed by atoms with Crippen molar-refractivity contribution in [3.63, 3.8) is 0 Å². The van der Waals surface area contributed by atoms with Crippen LogP contribution in [-0.4, -0.2) is 28.4 Å². The lowest BCUT2D eigenvalue weighted by atomic mass is 10.3. The van der Waals surface area contributed by atoms with Crippen molar-refractivity contribution in [1.82, 2.24) is 4.98 Å². The van der Waals surface area contributed by atoms with Gasteiger partial charge in [-0.05, 0) is 24.3 Å². The third kappa shape index (κ3) is 4.75. The maximum absolute atomic E-state index is 11.7. The number of carbonyl (C=O) groups excluding carboxylic acids is 2. The molecule has 0 aliphatic heterocycles. The van der Waals surface area contributed by atoms with Crippen molar-refractivity contribution in [1.29, 1.82) is 0 Å². The van der Waals surface area contributed by atoms with Crippen molar-refractivity contribution in [2.75, 3.05) is 11.9 Å². The van der Waals surface area contributed by atoms with Crippen LogP contribution in [0.5, 0.6) is 0 Å². The summed E-state index contributed by atoms with van der Waals surface area (Å²) in [6.07, 6.45) is 1.24. The van der Waals surface area contributed by atoms with Crippen LogP contribution in [-0.2, 0) is 9.53 Å². The number of ether oxygens (including phenoxy) is 1. The van der Waals surface area contributed by atoms with Crippen LogP contribution in [0, 0.1) is 10.1 Å². The molecule has 0 aliphatic carbocycles. The first-order valence-corrected chi connectivity index (χ1v) is 6.66. The summed E-state index contributed by atoms with van der Waals surface area (Å²) in [5, 5.41) is 13.2. The van der Waals surface area contributed by atoms with E-state index in [2.05, 4.69) is 10.3 Å². The number of nitrogens with zero attached hydrogens (tertiary/aromatic N) is 2.